The Morgan fingerprint density at radius 2 is 2.00 bits per heavy atom. The van der Waals surface area contributed by atoms with Crippen LogP contribution >= 0.6 is 0 Å². The molecule has 1 atom stereocenters. The maximum absolute atomic E-state index is 8.89. The third-order valence-electron chi connectivity index (χ3n) is 3.48. The lowest BCUT2D eigenvalue weighted by atomic mass is 9.95. The first-order valence-corrected chi connectivity index (χ1v) is 5.74. The van der Waals surface area contributed by atoms with Crippen LogP contribution in [0.1, 0.15) is 27.2 Å². The van der Waals surface area contributed by atoms with Gasteiger partial charge in [-0.2, -0.15) is 0 Å². The van der Waals surface area contributed by atoms with E-state index in [1.807, 2.05) is 20.8 Å². The number of ether oxygens (including phenoxy) is 3. The molecular weight excluding hydrogens is 208 g/mol. The molecule has 0 amide bonds. The molecule has 1 spiro atoms. The Morgan fingerprint density at radius 3 is 2.56 bits per heavy atom. The van der Waals surface area contributed by atoms with Gasteiger partial charge < -0.3 is 19.3 Å². The van der Waals surface area contributed by atoms with Gasteiger partial charge in [0.2, 0.25) is 0 Å². The van der Waals surface area contributed by atoms with Gasteiger partial charge in [-0.1, -0.05) is 6.08 Å². The van der Waals surface area contributed by atoms with Gasteiger partial charge in [0.1, 0.15) is 5.60 Å². The number of aliphatic hydroxyl groups excluding tert-OH is 1. The minimum Gasteiger partial charge on any atom is -0.392 e. The zero-order valence-corrected chi connectivity index (χ0v) is 10.2. The molecule has 2 heterocycles. The van der Waals surface area contributed by atoms with Crippen molar-refractivity contribution in [3.8, 4) is 0 Å². The molecule has 0 aromatic rings. The van der Waals surface area contributed by atoms with Crippen molar-refractivity contribution in [2.45, 2.75) is 44.7 Å². The van der Waals surface area contributed by atoms with E-state index >= 15 is 0 Å². The molecule has 2 rings (SSSR count). The van der Waals surface area contributed by atoms with Crippen LogP contribution < -0.4 is 0 Å². The number of hydrogen-bond acceptors (Lipinski definition) is 4. The summed E-state index contributed by atoms with van der Waals surface area (Å²) in [5.41, 5.74) is 0.588. The molecular formula is C12H20O4. The number of aliphatic hydroxyl groups is 1. The van der Waals surface area contributed by atoms with E-state index in [2.05, 4.69) is 0 Å². The molecule has 0 aromatic heterocycles. The maximum atomic E-state index is 8.89. The van der Waals surface area contributed by atoms with Crippen molar-refractivity contribution in [1.29, 1.82) is 0 Å². The summed E-state index contributed by atoms with van der Waals surface area (Å²) in [6.45, 7) is 7.24. The second-order valence-corrected chi connectivity index (χ2v) is 4.90. The first-order chi connectivity index (χ1) is 7.51. The van der Waals surface area contributed by atoms with Crippen LogP contribution in [0.25, 0.3) is 0 Å². The minimum atomic E-state index is -0.609. The van der Waals surface area contributed by atoms with E-state index in [1.165, 1.54) is 0 Å². The van der Waals surface area contributed by atoms with E-state index in [0.717, 1.165) is 5.57 Å². The normalized spacial score (nSPS) is 32.5. The minimum absolute atomic E-state index is 0.0275. The van der Waals surface area contributed by atoms with Crippen LogP contribution in [0.2, 0.25) is 0 Å². The molecule has 0 aromatic carbocycles. The Bertz CT molecular complexity index is 289. The van der Waals surface area contributed by atoms with Crippen LogP contribution in [0, 0.1) is 0 Å². The van der Waals surface area contributed by atoms with Gasteiger partial charge in [0.25, 0.3) is 0 Å². The van der Waals surface area contributed by atoms with E-state index in [4.69, 9.17) is 19.3 Å². The van der Waals surface area contributed by atoms with Crippen molar-refractivity contribution >= 4 is 0 Å². The van der Waals surface area contributed by atoms with Crippen molar-refractivity contribution in [1.82, 2.24) is 0 Å². The molecule has 4 nitrogen and oxygen atoms in total. The van der Waals surface area contributed by atoms with Crippen LogP contribution in [0.5, 0.6) is 0 Å². The molecule has 0 bridgehead atoms. The summed E-state index contributed by atoms with van der Waals surface area (Å²) in [5.74, 6) is -0.609. The summed E-state index contributed by atoms with van der Waals surface area (Å²) in [7, 11) is 0. The van der Waals surface area contributed by atoms with E-state index in [0.29, 0.717) is 19.6 Å². The molecule has 2 saturated heterocycles. The van der Waals surface area contributed by atoms with Crippen molar-refractivity contribution in [2.75, 3.05) is 19.8 Å². The van der Waals surface area contributed by atoms with Gasteiger partial charge in [-0.15, -0.1) is 0 Å². The molecule has 2 aliphatic rings. The second-order valence-electron chi connectivity index (χ2n) is 4.90. The van der Waals surface area contributed by atoms with Gasteiger partial charge in [-0.25, -0.2) is 0 Å². The summed E-state index contributed by atoms with van der Waals surface area (Å²) < 4.78 is 17.4. The summed E-state index contributed by atoms with van der Waals surface area (Å²) >= 11 is 0. The Hall–Kier alpha value is -0.420. The first kappa shape index (κ1) is 12.0. The molecule has 0 saturated carbocycles. The van der Waals surface area contributed by atoms with E-state index in [-0.39, 0.29) is 12.7 Å². The fourth-order valence-electron chi connectivity index (χ4n) is 2.43. The van der Waals surface area contributed by atoms with Gasteiger partial charge >= 0.3 is 0 Å². The summed E-state index contributed by atoms with van der Waals surface area (Å²) in [5, 5.41) is 8.89. The summed E-state index contributed by atoms with van der Waals surface area (Å²) in [4.78, 5) is 0. The average Bonchev–Trinajstić information content (AvgIpc) is 2.75. The smallest absolute Gasteiger partial charge is 0.200 e. The number of hydrogen-bond donors (Lipinski definition) is 1. The average molecular weight is 228 g/mol. The van der Waals surface area contributed by atoms with Gasteiger partial charge in [0.15, 0.2) is 5.79 Å². The SMILES string of the molecule is C/C(=C\CO)C1CC2(OCCO2)C(C)(C)O1. The largest absolute Gasteiger partial charge is 0.392 e. The van der Waals surface area contributed by atoms with Crippen LogP contribution in [0.15, 0.2) is 11.6 Å². The van der Waals surface area contributed by atoms with Crippen molar-refractivity contribution in [3.63, 3.8) is 0 Å². The monoisotopic (exact) mass is 228 g/mol. The maximum Gasteiger partial charge on any atom is 0.200 e. The lowest BCUT2D eigenvalue weighted by Crippen LogP contribution is -2.47. The topological polar surface area (TPSA) is 47.9 Å². The molecule has 2 aliphatic heterocycles. The Balaban J connectivity index is 2.17. The van der Waals surface area contributed by atoms with Crippen molar-refractivity contribution < 1.29 is 19.3 Å². The van der Waals surface area contributed by atoms with Crippen LogP contribution in [-0.2, 0) is 14.2 Å². The van der Waals surface area contributed by atoms with E-state index in [9.17, 15) is 0 Å². The van der Waals surface area contributed by atoms with Gasteiger partial charge in [-0.05, 0) is 26.3 Å². The van der Waals surface area contributed by atoms with Gasteiger partial charge in [-0.3, -0.25) is 0 Å². The Kier molecular flexibility index (Phi) is 3.09. The molecule has 1 N–H and O–H groups in total. The van der Waals surface area contributed by atoms with Gasteiger partial charge in [0.05, 0.1) is 25.9 Å². The van der Waals surface area contributed by atoms with Crippen LogP contribution in [-0.4, -0.2) is 42.4 Å². The fourth-order valence-corrected chi connectivity index (χ4v) is 2.43. The highest BCUT2D eigenvalue weighted by Crippen LogP contribution is 2.46. The van der Waals surface area contributed by atoms with E-state index in [1.54, 1.807) is 6.08 Å². The molecule has 0 aliphatic carbocycles. The lowest BCUT2D eigenvalue weighted by molar-refractivity contribution is -0.226. The molecule has 4 heteroatoms. The van der Waals surface area contributed by atoms with Crippen LogP contribution in [0.4, 0.5) is 0 Å². The third-order valence-corrected chi connectivity index (χ3v) is 3.48. The van der Waals surface area contributed by atoms with Crippen LogP contribution in [0.3, 0.4) is 0 Å². The second kappa shape index (κ2) is 4.11. The molecule has 92 valence electrons. The van der Waals surface area contributed by atoms with Crippen molar-refractivity contribution in [2.24, 2.45) is 0 Å². The highest BCUT2D eigenvalue weighted by molar-refractivity contribution is 5.13. The molecule has 0 radical (unpaired) electrons. The zero-order valence-electron chi connectivity index (χ0n) is 10.2. The Morgan fingerprint density at radius 1 is 1.38 bits per heavy atom. The molecule has 1 unspecified atom stereocenters. The van der Waals surface area contributed by atoms with E-state index < -0.39 is 11.4 Å². The zero-order chi connectivity index (χ0) is 11.8. The predicted molar refractivity (Wildman–Crippen MR) is 59.0 cm³/mol. The summed E-state index contributed by atoms with van der Waals surface area (Å²) in [6, 6.07) is 0. The first-order valence-electron chi connectivity index (χ1n) is 5.74. The highest BCUT2D eigenvalue weighted by atomic mass is 16.8. The van der Waals surface area contributed by atoms with Crippen molar-refractivity contribution in [3.05, 3.63) is 11.6 Å². The lowest BCUT2D eigenvalue weighted by Gasteiger charge is -2.33. The molecule has 2 fully saturated rings. The Labute approximate surface area is 96.2 Å². The summed E-state index contributed by atoms with van der Waals surface area (Å²) in [6.07, 6.45) is 2.44. The van der Waals surface area contributed by atoms with Gasteiger partial charge in [0, 0.05) is 6.42 Å². The highest BCUT2D eigenvalue weighted by Gasteiger charge is 2.58. The predicted octanol–water partition coefficient (Wildman–Crippen LogP) is 1.24. The standard InChI is InChI=1S/C12H20O4/c1-9(4-5-13)10-8-12(11(2,3)16-10)14-6-7-15-12/h4,10,13H,5-8H2,1-3H3/b9-4+. The number of rotatable bonds is 2. The molecule has 16 heavy (non-hydrogen) atoms. The fraction of sp³-hybridized carbons (Fsp3) is 0.833. The quantitative estimate of drug-likeness (QED) is 0.722. The third kappa shape index (κ3) is 1.80.